The number of alkyl halides is 6. The molecule has 3 aliphatic rings. The number of hydrogen-bond acceptors (Lipinski definition) is 2. The number of nitrogens with zero attached hydrogens (tertiary/aromatic N) is 1. The fourth-order valence-corrected chi connectivity index (χ4v) is 3.63. The molecule has 1 amide bonds. The van der Waals surface area contributed by atoms with Crippen molar-refractivity contribution in [3.8, 4) is 0 Å². The van der Waals surface area contributed by atoms with E-state index in [2.05, 4.69) is 5.32 Å². The average molecular weight is 366 g/mol. The second kappa shape index (κ2) is 5.62. The summed E-state index contributed by atoms with van der Waals surface area (Å²) in [6.07, 6.45) is -7.23. The van der Waals surface area contributed by atoms with Gasteiger partial charge in [0.25, 0.3) is 0 Å². The third kappa shape index (κ3) is 3.21. The van der Waals surface area contributed by atoms with E-state index in [4.69, 9.17) is 0 Å². The Labute approximate surface area is 140 Å². The number of carbonyl (C=O) groups excluding carboxylic acids is 1. The van der Waals surface area contributed by atoms with Gasteiger partial charge in [0, 0.05) is 11.7 Å². The normalized spacial score (nSPS) is 30.6. The van der Waals surface area contributed by atoms with Crippen molar-refractivity contribution in [3.05, 3.63) is 34.6 Å². The van der Waals surface area contributed by atoms with Gasteiger partial charge in [0.2, 0.25) is 5.91 Å². The number of amides is 1. The number of fused-ring (bicyclic) bond motifs is 2. The van der Waals surface area contributed by atoms with Crippen LogP contribution >= 0.6 is 0 Å². The molecule has 2 heterocycles. The third-order valence-electron chi connectivity index (χ3n) is 4.91. The van der Waals surface area contributed by atoms with E-state index in [1.807, 2.05) is 0 Å². The molecule has 2 aliphatic heterocycles. The van der Waals surface area contributed by atoms with Gasteiger partial charge in [0.15, 0.2) is 0 Å². The van der Waals surface area contributed by atoms with Crippen molar-refractivity contribution in [2.24, 2.45) is 5.92 Å². The van der Waals surface area contributed by atoms with Crippen LogP contribution in [-0.4, -0.2) is 41.8 Å². The summed E-state index contributed by atoms with van der Waals surface area (Å²) in [5.41, 5.74) is -0.898. The molecule has 9 heteroatoms. The van der Waals surface area contributed by atoms with Crippen molar-refractivity contribution in [1.29, 1.82) is 0 Å². The van der Waals surface area contributed by atoms with E-state index >= 15 is 0 Å². The number of hydrogen-bond donors (Lipinski definition) is 1. The van der Waals surface area contributed by atoms with Gasteiger partial charge in [-0.1, -0.05) is 19.1 Å². The molecule has 1 N–H and O–H groups in total. The molecular formula is C16H16F6N2O. The van der Waals surface area contributed by atoms with Crippen LogP contribution < -0.4 is 5.32 Å². The summed E-state index contributed by atoms with van der Waals surface area (Å²) in [6, 6.07) is -1.78. The highest BCUT2D eigenvalue weighted by molar-refractivity contribution is 5.88. The first-order chi connectivity index (χ1) is 11.4. The van der Waals surface area contributed by atoms with E-state index in [1.165, 1.54) is 0 Å². The lowest BCUT2D eigenvalue weighted by Gasteiger charge is -2.45. The van der Waals surface area contributed by atoms with Gasteiger partial charge in [0.1, 0.15) is 0 Å². The zero-order valence-corrected chi connectivity index (χ0v) is 13.4. The molecule has 25 heavy (non-hydrogen) atoms. The maximum absolute atomic E-state index is 13.4. The minimum absolute atomic E-state index is 0.00995. The largest absolute Gasteiger partial charge is 0.416 e. The number of nitrogens with one attached hydrogen (secondary N) is 1. The Bertz CT molecular complexity index is 700. The van der Waals surface area contributed by atoms with Crippen molar-refractivity contribution in [3.63, 3.8) is 0 Å². The SMILES string of the molecule is C[C@@H]1C=C2C3=C(CC(=O)N3)C(C(F)(F)F)=CC2N(CC(F)(F)F)[C@@H]1C. The van der Waals surface area contributed by atoms with Gasteiger partial charge in [-0.05, 0) is 24.0 Å². The molecule has 3 rings (SSSR count). The lowest BCUT2D eigenvalue weighted by molar-refractivity contribution is -0.154. The molecule has 0 bridgehead atoms. The molecule has 0 fully saturated rings. The second-order valence-corrected chi connectivity index (χ2v) is 6.61. The zero-order chi connectivity index (χ0) is 18.7. The van der Waals surface area contributed by atoms with Crippen molar-refractivity contribution < 1.29 is 31.1 Å². The highest BCUT2D eigenvalue weighted by Crippen LogP contribution is 2.46. The van der Waals surface area contributed by atoms with Gasteiger partial charge in [-0.15, -0.1) is 0 Å². The highest BCUT2D eigenvalue weighted by Gasteiger charge is 2.48. The van der Waals surface area contributed by atoms with Crippen LogP contribution in [0.25, 0.3) is 0 Å². The molecule has 0 aromatic carbocycles. The van der Waals surface area contributed by atoms with Crippen molar-refractivity contribution in [2.75, 3.05) is 6.54 Å². The molecule has 0 aromatic rings. The van der Waals surface area contributed by atoms with Crippen molar-refractivity contribution >= 4 is 5.91 Å². The second-order valence-electron chi connectivity index (χ2n) is 6.61. The molecule has 1 unspecified atom stereocenters. The number of allylic oxidation sites excluding steroid dienone is 1. The smallest absolute Gasteiger partial charge is 0.325 e. The Hall–Kier alpha value is -1.77. The van der Waals surface area contributed by atoms with Gasteiger partial charge in [0.05, 0.1) is 24.6 Å². The fourth-order valence-electron chi connectivity index (χ4n) is 3.63. The first kappa shape index (κ1) is 18.0. The first-order valence-electron chi connectivity index (χ1n) is 7.75. The third-order valence-corrected chi connectivity index (χ3v) is 4.91. The van der Waals surface area contributed by atoms with Gasteiger partial charge < -0.3 is 5.32 Å². The Kier molecular flexibility index (Phi) is 4.05. The minimum Gasteiger partial charge on any atom is -0.325 e. The molecular weight excluding hydrogens is 350 g/mol. The summed E-state index contributed by atoms with van der Waals surface area (Å²) >= 11 is 0. The summed E-state index contributed by atoms with van der Waals surface area (Å²) in [7, 11) is 0. The topological polar surface area (TPSA) is 32.3 Å². The summed E-state index contributed by atoms with van der Waals surface area (Å²) in [4.78, 5) is 12.7. The van der Waals surface area contributed by atoms with Crippen molar-refractivity contribution in [2.45, 2.75) is 44.7 Å². The van der Waals surface area contributed by atoms with Gasteiger partial charge >= 0.3 is 12.4 Å². The van der Waals surface area contributed by atoms with Crippen molar-refractivity contribution in [1.82, 2.24) is 10.2 Å². The first-order valence-corrected chi connectivity index (χ1v) is 7.75. The molecule has 138 valence electrons. The number of carbonyl (C=O) groups is 1. The Balaban J connectivity index is 2.12. The summed E-state index contributed by atoms with van der Waals surface area (Å²) in [6.45, 7) is 1.94. The lowest BCUT2D eigenvalue weighted by Crippen LogP contribution is -2.53. The summed E-state index contributed by atoms with van der Waals surface area (Å²) < 4.78 is 79.1. The monoisotopic (exact) mass is 366 g/mol. The van der Waals surface area contributed by atoms with Gasteiger partial charge in [-0.3, -0.25) is 9.69 Å². The quantitative estimate of drug-likeness (QED) is 0.721. The van der Waals surface area contributed by atoms with E-state index in [-0.39, 0.29) is 17.2 Å². The fraction of sp³-hybridized carbons (Fsp3) is 0.562. The molecule has 0 saturated carbocycles. The predicted molar refractivity (Wildman–Crippen MR) is 77.2 cm³/mol. The van der Waals surface area contributed by atoms with Crippen LogP contribution in [0.3, 0.4) is 0 Å². The highest BCUT2D eigenvalue weighted by atomic mass is 19.4. The van der Waals surface area contributed by atoms with E-state index < -0.39 is 48.9 Å². The number of rotatable bonds is 1. The van der Waals surface area contributed by atoms with E-state index in [0.717, 1.165) is 11.0 Å². The van der Waals surface area contributed by atoms with E-state index in [1.54, 1.807) is 19.9 Å². The number of halogens is 6. The predicted octanol–water partition coefficient (Wildman–Crippen LogP) is 3.46. The Morgan fingerprint density at radius 3 is 2.36 bits per heavy atom. The standard InChI is InChI=1S/C16H16F6N2O/c1-7-3-10-12(24(8(7)2)6-15(17,18)19)5-11(16(20,21)22)9-4-13(25)23-14(9)10/h3,5,7-8,12H,4,6H2,1-2H3,(H,23,25)/t7-,8-,12?/m1/s1. The van der Waals surface area contributed by atoms with Crippen LogP contribution in [0.5, 0.6) is 0 Å². The molecule has 1 aliphatic carbocycles. The Morgan fingerprint density at radius 2 is 1.80 bits per heavy atom. The van der Waals surface area contributed by atoms with Crippen LogP contribution in [0.2, 0.25) is 0 Å². The van der Waals surface area contributed by atoms with Crippen LogP contribution in [0.4, 0.5) is 26.3 Å². The van der Waals surface area contributed by atoms with Crippen LogP contribution in [-0.2, 0) is 4.79 Å². The lowest BCUT2D eigenvalue weighted by atomic mass is 9.80. The van der Waals surface area contributed by atoms with Gasteiger partial charge in [-0.2, -0.15) is 26.3 Å². The van der Waals surface area contributed by atoms with Crippen LogP contribution in [0.1, 0.15) is 20.3 Å². The summed E-state index contributed by atoms with van der Waals surface area (Å²) in [5, 5.41) is 2.40. The molecule has 0 aromatic heterocycles. The molecule has 0 saturated heterocycles. The van der Waals surface area contributed by atoms with Crippen LogP contribution in [0.15, 0.2) is 34.6 Å². The van der Waals surface area contributed by atoms with Gasteiger partial charge in [-0.25, -0.2) is 0 Å². The summed E-state index contributed by atoms with van der Waals surface area (Å²) in [5.74, 6) is -0.893. The zero-order valence-electron chi connectivity index (χ0n) is 13.4. The van der Waals surface area contributed by atoms with Crippen LogP contribution in [0, 0.1) is 5.92 Å². The minimum atomic E-state index is -4.74. The molecule has 0 spiro atoms. The Morgan fingerprint density at radius 1 is 1.16 bits per heavy atom. The molecule has 3 nitrogen and oxygen atoms in total. The maximum Gasteiger partial charge on any atom is 0.416 e. The van der Waals surface area contributed by atoms with E-state index in [9.17, 15) is 31.1 Å². The maximum atomic E-state index is 13.4. The molecule has 3 atom stereocenters. The van der Waals surface area contributed by atoms with E-state index in [0.29, 0.717) is 5.57 Å². The average Bonchev–Trinajstić information content (AvgIpc) is 2.82. The molecule has 0 radical (unpaired) electrons.